The number of hydrogen-bond donors (Lipinski definition) is 0. The molecule has 0 spiro atoms. The van der Waals surface area contributed by atoms with Crippen LogP contribution in [0.3, 0.4) is 0 Å². The van der Waals surface area contributed by atoms with E-state index < -0.39 is 0 Å². The second-order valence-electron chi connectivity index (χ2n) is 2.35. The molecule has 1 nitrogen and oxygen atoms in total. The van der Waals surface area contributed by atoms with Gasteiger partial charge in [-0.2, -0.15) is 0 Å². The van der Waals surface area contributed by atoms with E-state index >= 15 is 0 Å². The fourth-order valence-electron chi connectivity index (χ4n) is 0.853. The molecule has 0 amide bonds. The molecule has 0 radical (unpaired) electrons. The number of benzene rings is 1. The van der Waals surface area contributed by atoms with E-state index in [-0.39, 0.29) is 10.6 Å². The molecule has 1 rings (SSSR count). The molecule has 0 aliphatic rings. The minimum Gasteiger partial charge on any atom is -0.293 e. The number of hydrogen-bond acceptors (Lipinski definition) is 1. The third kappa shape index (κ3) is 2.32. The molecule has 0 aromatic heterocycles. The Morgan fingerprint density at radius 2 is 2.00 bits per heavy atom. The van der Waals surface area contributed by atoms with Gasteiger partial charge < -0.3 is 0 Å². The van der Waals surface area contributed by atoms with Crippen LogP contribution in [0.5, 0.6) is 0 Å². The molecule has 3 heteroatoms. The van der Waals surface area contributed by atoms with Gasteiger partial charge in [-0.05, 0) is 0 Å². The van der Waals surface area contributed by atoms with Crippen molar-refractivity contribution in [1.82, 2.24) is 0 Å². The highest BCUT2D eigenvalue weighted by Crippen LogP contribution is 2.11. The molecule has 0 bridgehead atoms. The van der Waals surface area contributed by atoms with Crippen molar-refractivity contribution in [2.75, 3.05) is 5.88 Å². The second kappa shape index (κ2) is 4.63. The molecule has 64 valence electrons. The molecule has 0 fully saturated rings. The molecule has 0 saturated heterocycles. The zero-order valence-electron chi connectivity index (χ0n) is 6.34. The van der Waals surface area contributed by atoms with E-state index in [1.807, 2.05) is 18.2 Å². The Bertz CT molecular complexity index is 260. The maximum Gasteiger partial charge on any atom is 0.177 e. The first kappa shape index (κ1) is 9.75. The zero-order chi connectivity index (χ0) is 8.97. The lowest BCUT2D eigenvalue weighted by Gasteiger charge is -2.03. The minimum atomic E-state index is -0.276. The Balaban J connectivity index is 2.79. The SMILES string of the molecule is O=C(c1ccccc1)[C@@H](Br)CCl. The first-order chi connectivity index (χ1) is 5.75. The molecule has 0 saturated carbocycles. The normalized spacial score (nSPS) is 12.5. The maximum atomic E-state index is 11.4. The fraction of sp³-hybridized carbons (Fsp3) is 0.222. The quantitative estimate of drug-likeness (QED) is 0.593. The summed E-state index contributed by atoms with van der Waals surface area (Å²) in [6.07, 6.45) is 0. The lowest BCUT2D eigenvalue weighted by atomic mass is 10.1. The molecule has 12 heavy (non-hydrogen) atoms. The maximum absolute atomic E-state index is 11.4. The molecule has 1 aromatic carbocycles. The van der Waals surface area contributed by atoms with Crippen LogP contribution in [0.2, 0.25) is 0 Å². The van der Waals surface area contributed by atoms with Crippen LogP contribution in [-0.4, -0.2) is 16.5 Å². The van der Waals surface area contributed by atoms with Gasteiger partial charge in [-0.1, -0.05) is 46.3 Å². The topological polar surface area (TPSA) is 17.1 Å². The van der Waals surface area contributed by atoms with Crippen LogP contribution in [-0.2, 0) is 0 Å². The average molecular weight is 248 g/mol. The van der Waals surface area contributed by atoms with Crippen molar-refractivity contribution in [3.8, 4) is 0 Å². The number of ketones is 1. The van der Waals surface area contributed by atoms with Crippen molar-refractivity contribution in [3.63, 3.8) is 0 Å². The molecule has 1 atom stereocenters. The van der Waals surface area contributed by atoms with Crippen LogP contribution >= 0.6 is 27.5 Å². The van der Waals surface area contributed by atoms with Gasteiger partial charge in [-0.15, -0.1) is 11.6 Å². The molecule has 0 N–H and O–H groups in total. The molecule has 0 heterocycles. The van der Waals surface area contributed by atoms with Crippen molar-refractivity contribution in [2.45, 2.75) is 4.83 Å². The first-order valence-electron chi connectivity index (χ1n) is 3.55. The van der Waals surface area contributed by atoms with Crippen LogP contribution in [0.15, 0.2) is 30.3 Å². The van der Waals surface area contributed by atoms with Gasteiger partial charge in [-0.25, -0.2) is 0 Å². The Kier molecular flexibility index (Phi) is 3.76. The summed E-state index contributed by atoms with van der Waals surface area (Å²) in [6.45, 7) is 0. The van der Waals surface area contributed by atoms with Gasteiger partial charge in [0.2, 0.25) is 0 Å². The van der Waals surface area contributed by atoms with Crippen molar-refractivity contribution in [2.24, 2.45) is 0 Å². The van der Waals surface area contributed by atoms with Crippen molar-refractivity contribution in [1.29, 1.82) is 0 Å². The van der Waals surface area contributed by atoms with Crippen molar-refractivity contribution >= 4 is 33.3 Å². The van der Waals surface area contributed by atoms with Crippen LogP contribution in [0.4, 0.5) is 0 Å². The summed E-state index contributed by atoms with van der Waals surface area (Å²) in [6, 6.07) is 9.11. The van der Waals surface area contributed by atoms with E-state index in [0.29, 0.717) is 11.4 Å². The summed E-state index contributed by atoms with van der Waals surface area (Å²) in [5.41, 5.74) is 0.694. The average Bonchev–Trinajstić information content (AvgIpc) is 2.17. The summed E-state index contributed by atoms with van der Waals surface area (Å²) in [7, 11) is 0. The van der Waals surface area contributed by atoms with E-state index in [0.717, 1.165) is 0 Å². The van der Waals surface area contributed by atoms with Crippen LogP contribution in [0.25, 0.3) is 0 Å². The Morgan fingerprint density at radius 3 is 2.50 bits per heavy atom. The van der Waals surface area contributed by atoms with Crippen molar-refractivity contribution < 1.29 is 4.79 Å². The lowest BCUT2D eigenvalue weighted by molar-refractivity contribution is 0.0997. The van der Waals surface area contributed by atoms with Crippen LogP contribution in [0.1, 0.15) is 10.4 Å². The molecular weight excluding hydrogens is 239 g/mol. The van der Waals surface area contributed by atoms with Gasteiger partial charge in [0, 0.05) is 11.4 Å². The third-order valence-electron chi connectivity index (χ3n) is 1.48. The van der Waals surface area contributed by atoms with E-state index in [9.17, 15) is 4.79 Å². The summed E-state index contributed by atoms with van der Waals surface area (Å²) < 4.78 is 0. The largest absolute Gasteiger partial charge is 0.293 e. The van der Waals surface area contributed by atoms with Gasteiger partial charge in [0.1, 0.15) is 0 Å². The van der Waals surface area contributed by atoms with Crippen molar-refractivity contribution in [3.05, 3.63) is 35.9 Å². The van der Waals surface area contributed by atoms with Crippen LogP contribution < -0.4 is 0 Å². The smallest absolute Gasteiger partial charge is 0.177 e. The summed E-state index contributed by atoms with van der Waals surface area (Å²) in [5.74, 6) is 0.332. The minimum absolute atomic E-state index is 0.0330. The van der Waals surface area contributed by atoms with Gasteiger partial charge in [0.25, 0.3) is 0 Å². The number of halogens is 2. The van der Waals surface area contributed by atoms with E-state index in [1.54, 1.807) is 12.1 Å². The summed E-state index contributed by atoms with van der Waals surface area (Å²) in [5, 5.41) is 0. The molecule has 0 unspecified atom stereocenters. The van der Waals surface area contributed by atoms with E-state index in [4.69, 9.17) is 11.6 Å². The van der Waals surface area contributed by atoms with Crippen LogP contribution in [0, 0.1) is 0 Å². The highest BCUT2D eigenvalue weighted by Gasteiger charge is 2.14. The molecular formula is C9H8BrClO. The molecule has 1 aromatic rings. The predicted octanol–water partition coefficient (Wildman–Crippen LogP) is 2.87. The zero-order valence-corrected chi connectivity index (χ0v) is 8.68. The van der Waals surface area contributed by atoms with Gasteiger partial charge in [0.15, 0.2) is 5.78 Å². The summed E-state index contributed by atoms with van der Waals surface area (Å²) >= 11 is 8.73. The lowest BCUT2D eigenvalue weighted by Crippen LogP contribution is -2.15. The Morgan fingerprint density at radius 1 is 1.42 bits per heavy atom. The number of carbonyl (C=O) groups is 1. The van der Waals surface area contributed by atoms with E-state index in [2.05, 4.69) is 15.9 Å². The molecule has 0 aliphatic carbocycles. The monoisotopic (exact) mass is 246 g/mol. The number of alkyl halides is 2. The van der Waals surface area contributed by atoms with Gasteiger partial charge in [-0.3, -0.25) is 4.79 Å². The highest BCUT2D eigenvalue weighted by atomic mass is 79.9. The number of Topliss-reactive ketones (excluding diaryl/α,β-unsaturated/α-hetero) is 1. The first-order valence-corrected chi connectivity index (χ1v) is 5.00. The summed E-state index contributed by atoms with van der Waals surface area (Å²) in [4.78, 5) is 11.2. The third-order valence-corrected chi connectivity index (χ3v) is 2.90. The second-order valence-corrected chi connectivity index (χ2v) is 3.77. The standard InChI is InChI=1S/C9H8BrClO/c10-8(6-11)9(12)7-4-2-1-3-5-7/h1-5,8H,6H2/t8-/m0/s1. The molecule has 0 aliphatic heterocycles. The van der Waals surface area contributed by atoms with Gasteiger partial charge >= 0.3 is 0 Å². The Labute approximate surface area is 84.9 Å². The van der Waals surface area contributed by atoms with Gasteiger partial charge in [0.05, 0.1) is 4.83 Å². The number of carbonyl (C=O) groups excluding carboxylic acids is 1. The highest BCUT2D eigenvalue weighted by molar-refractivity contribution is 9.10. The van der Waals surface area contributed by atoms with E-state index in [1.165, 1.54) is 0 Å². The fourth-order valence-corrected chi connectivity index (χ4v) is 1.26. The Hall–Kier alpha value is -0.340. The predicted molar refractivity (Wildman–Crippen MR) is 54.2 cm³/mol. The number of rotatable bonds is 3.